The number of nitrogens with one attached hydrogen (secondary N) is 1. The van der Waals surface area contributed by atoms with Gasteiger partial charge in [-0.2, -0.15) is 18.3 Å². The van der Waals surface area contributed by atoms with E-state index in [0.29, 0.717) is 35.1 Å². The predicted octanol–water partition coefficient (Wildman–Crippen LogP) is 5.74. The number of aromatic amines is 1. The Labute approximate surface area is 237 Å². The van der Waals surface area contributed by atoms with E-state index in [4.69, 9.17) is 33.8 Å². The summed E-state index contributed by atoms with van der Waals surface area (Å²) in [4.78, 5) is 13.8. The third-order valence-electron chi connectivity index (χ3n) is 6.30. The minimum absolute atomic E-state index is 0.190. The van der Waals surface area contributed by atoms with E-state index in [-0.39, 0.29) is 5.75 Å². The number of phenols is 1. The summed E-state index contributed by atoms with van der Waals surface area (Å²) < 4.78 is 53.8. The Bertz CT molecular complexity index is 1740. The molecule has 0 saturated carbocycles. The number of pyridine rings is 1. The van der Waals surface area contributed by atoms with Crippen LogP contribution in [-0.4, -0.2) is 66.0 Å². The van der Waals surface area contributed by atoms with Crippen molar-refractivity contribution >= 4 is 27.8 Å². The number of carbonyl (C=O) groups is 1. The van der Waals surface area contributed by atoms with E-state index in [2.05, 4.69) is 10.2 Å². The van der Waals surface area contributed by atoms with Crippen molar-refractivity contribution in [2.45, 2.75) is 12.6 Å². The molecule has 13 heteroatoms. The van der Waals surface area contributed by atoms with Crippen LogP contribution in [0.25, 0.3) is 33.1 Å². The number of aromatic nitrogens is 3. The molecule has 0 bridgehead atoms. The standard InChI is InChI=1S/C27H25N3O5.C2HF3O2/c1-32-21-10-5-15(12-22(21)33-2)11-20-25-18-13-23(34-3)24(35-4)14-19(18)26(28-27(25)30-29-20)16-6-8-17(31)9-7-16;3-2(4,5)1(6)7/h5-10,12-14,31H,11H2,1-4H3,(H,28,29,30);(H,6,7). The second kappa shape index (κ2) is 12.1. The Morgan fingerprint density at radius 3 is 1.93 bits per heavy atom. The van der Waals surface area contributed by atoms with E-state index >= 15 is 0 Å². The lowest BCUT2D eigenvalue weighted by Crippen LogP contribution is -2.21. The number of hydrogen-bond donors (Lipinski definition) is 3. The highest BCUT2D eigenvalue weighted by Gasteiger charge is 2.38. The minimum atomic E-state index is -5.08. The summed E-state index contributed by atoms with van der Waals surface area (Å²) in [6, 6.07) is 16.7. The van der Waals surface area contributed by atoms with Crippen molar-refractivity contribution in [3.63, 3.8) is 0 Å². The second-order valence-corrected chi connectivity index (χ2v) is 8.83. The maximum absolute atomic E-state index is 10.6. The van der Waals surface area contributed by atoms with Gasteiger partial charge in [-0.05, 0) is 54.1 Å². The molecule has 0 amide bonds. The zero-order valence-electron chi connectivity index (χ0n) is 22.9. The van der Waals surface area contributed by atoms with E-state index in [9.17, 15) is 18.3 Å². The van der Waals surface area contributed by atoms with Gasteiger partial charge in [0.15, 0.2) is 28.6 Å². The van der Waals surface area contributed by atoms with Crippen LogP contribution in [0.3, 0.4) is 0 Å². The molecule has 0 aliphatic rings. The Hall–Kier alpha value is -5.20. The number of benzene rings is 3. The number of alkyl halides is 3. The molecular weight excluding hydrogens is 559 g/mol. The number of ether oxygens (including phenoxy) is 4. The van der Waals surface area contributed by atoms with Gasteiger partial charge >= 0.3 is 12.1 Å². The van der Waals surface area contributed by atoms with Crippen molar-refractivity contribution in [1.82, 2.24) is 15.2 Å². The summed E-state index contributed by atoms with van der Waals surface area (Å²) >= 11 is 0. The maximum Gasteiger partial charge on any atom is 0.490 e. The molecule has 2 heterocycles. The molecule has 5 aromatic rings. The number of phenolic OH excluding ortho intramolecular Hbond substituents is 1. The fraction of sp³-hybridized carbons (Fsp3) is 0.207. The summed E-state index contributed by atoms with van der Waals surface area (Å²) in [5.74, 6) is -0.0116. The van der Waals surface area contributed by atoms with Crippen molar-refractivity contribution in [3.05, 3.63) is 65.9 Å². The lowest BCUT2D eigenvalue weighted by molar-refractivity contribution is -0.192. The zero-order valence-corrected chi connectivity index (χ0v) is 22.9. The summed E-state index contributed by atoms with van der Waals surface area (Å²) in [6.45, 7) is 0. The SMILES string of the molecule is COc1ccc(Cc2[nH]nc3nc(-c4ccc(O)cc4)c4cc(OC)c(OC)cc4c23)cc1OC.O=C(O)C(F)(F)F. The summed E-state index contributed by atoms with van der Waals surface area (Å²) in [6.07, 6.45) is -4.50. The van der Waals surface area contributed by atoms with E-state index in [1.165, 1.54) is 0 Å². The first-order valence-corrected chi connectivity index (χ1v) is 12.2. The zero-order chi connectivity index (χ0) is 30.6. The number of methoxy groups -OCH3 is 4. The Balaban J connectivity index is 0.000000517. The number of halogens is 3. The number of aromatic hydroxyl groups is 1. The molecule has 0 spiro atoms. The van der Waals surface area contributed by atoms with Gasteiger partial charge in [0.1, 0.15) is 5.75 Å². The van der Waals surface area contributed by atoms with E-state index in [0.717, 1.165) is 38.7 Å². The molecule has 5 rings (SSSR count). The summed E-state index contributed by atoms with van der Waals surface area (Å²) in [5.41, 5.74) is 4.12. The average Bonchev–Trinajstić information content (AvgIpc) is 3.38. The highest BCUT2D eigenvalue weighted by molar-refractivity contribution is 6.12. The van der Waals surface area contributed by atoms with Crippen LogP contribution in [0.2, 0.25) is 0 Å². The highest BCUT2D eigenvalue weighted by atomic mass is 19.4. The van der Waals surface area contributed by atoms with Crippen LogP contribution >= 0.6 is 0 Å². The molecule has 0 aliphatic heterocycles. The lowest BCUT2D eigenvalue weighted by atomic mass is 9.98. The van der Waals surface area contributed by atoms with Gasteiger partial charge in [-0.3, -0.25) is 5.10 Å². The molecule has 0 fully saturated rings. The molecule has 10 nitrogen and oxygen atoms in total. The number of carboxylic acids is 1. The van der Waals surface area contributed by atoms with Crippen LogP contribution in [0.1, 0.15) is 11.3 Å². The molecule has 0 atom stereocenters. The molecule has 2 aromatic heterocycles. The number of nitrogens with zero attached hydrogens (tertiary/aromatic N) is 2. The van der Waals surface area contributed by atoms with Crippen LogP contribution < -0.4 is 18.9 Å². The number of aliphatic carboxylic acids is 1. The van der Waals surface area contributed by atoms with Gasteiger partial charge in [-0.15, -0.1) is 0 Å². The van der Waals surface area contributed by atoms with Crippen LogP contribution in [0.15, 0.2) is 54.6 Å². The smallest absolute Gasteiger partial charge is 0.490 e. The number of hydrogen-bond acceptors (Lipinski definition) is 8. The van der Waals surface area contributed by atoms with Gasteiger partial charge in [0.05, 0.1) is 39.5 Å². The maximum atomic E-state index is 10.6. The molecule has 3 N–H and O–H groups in total. The van der Waals surface area contributed by atoms with Gasteiger partial charge in [0, 0.05) is 28.5 Å². The number of carboxylic acid groups (broad SMARTS) is 1. The lowest BCUT2D eigenvalue weighted by Gasteiger charge is -2.13. The number of fused-ring (bicyclic) bond motifs is 3. The van der Waals surface area contributed by atoms with Crippen molar-refractivity contribution in [1.29, 1.82) is 0 Å². The average molecular weight is 586 g/mol. The van der Waals surface area contributed by atoms with E-state index in [1.807, 2.05) is 42.5 Å². The monoisotopic (exact) mass is 585 g/mol. The van der Waals surface area contributed by atoms with Crippen molar-refractivity contribution in [3.8, 4) is 40.0 Å². The molecule has 0 saturated heterocycles. The Morgan fingerprint density at radius 2 is 1.38 bits per heavy atom. The van der Waals surface area contributed by atoms with E-state index in [1.54, 1.807) is 40.6 Å². The second-order valence-electron chi connectivity index (χ2n) is 8.83. The topological polar surface area (TPSA) is 136 Å². The summed E-state index contributed by atoms with van der Waals surface area (Å²) in [7, 11) is 6.46. The van der Waals surface area contributed by atoms with Gasteiger partial charge < -0.3 is 29.2 Å². The molecule has 0 radical (unpaired) electrons. The first-order valence-electron chi connectivity index (χ1n) is 12.2. The van der Waals surface area contributed by atoms with Crippen molar-refractivity contribution < 1.29 is 47.1 Å². The van der Waals surface area contributed by atoms with E-state index < -0.39 is 12.1 Å². The summed E-state index contributed by atoms with van der Waals surface area (Å²) in [5, 5.41) is 27.3. The van der Waals surface area contributed by atoms with Crippen LogP contribution in [0, 0.1) is 0 Å². The fourth-order valence-corrected chi connectivity index (χ4v) is 4.34. The van der Waals surface area contributed by atoms with Gasteiger partial charge in [-0.25, -0.2) is 9.78 Å². The molecule has 0 unspecified atom stereocenters. The third kappa shape index (κ3) is 6.09. The van der Waals surface area contributed by atoms with Gasteiger partial charge in [0.2, 0.25) is 0 Å². The van der Waals surface area contributed by atoms with Crippen LogP contribution in [0.5, 0.6) is 28.7 Å². The highest BCUT2D eigenvalue weighted by Crippen LogP contribution is 2.41. The molecule has 220 valence electrons. The molecule has 0 aliphatic carbocycles. The quantitative estimate of drug-likeness (QED) is 0.218. The Morgan fingerprint density at radius 1 is 0.833 bits per heavy atom. The molecule has 3 aromatic carbocycles. The van der Waals surface area contributed by atoms with Crippen molar-refractivity contribution in [2.75, 3.05) is 28.4 Å². The Kier molecular flexibility index (Phi) is 8.59. The largest absolute Gasteiger partial charge is 0.508 e. The first kappa shape index (κ1) is 29.8. The number of H-pyrrole nitrogens is 1. The minimum Gasteiger partial charge on any atom is -0.508 e. The number of rotatable bonds is 7. The van der Waals surface area contributed by atoms with Crippen LogP contribution in [-0.2, 0) is 11.2 Å². The third-order valence-corrected chi connectivity index (χ3v) is 6.30. The van der Waals surface area contributed by atoms with Crippen LogP contribution in [0.4, 0.5) is 13.2 Å². The van der Waals surface area contributed by atoms with Gasteiger partial charge in [0.25, 0.3) is 0 Å². The normalized spacial score (nSPS) is 11.1. The van der Waals surface area contributed by atoms with Crippen molar-refractivity contribution in [2.24, 2.45) is 0 Å². The predicted molar refractivity (Wildman–Crippen MR) is 148 cm³/mol. The van der Waals surface area contributed by atoms with Gasteiger partial charge in [-0.1, -0.05) is 6.07 Å². The first-order chi connectivity index (χ1) is 20.0. The fourth-order valence-electron chi connectivity index (χ4n) is 4.34. The molecule has 42 heavy (non-hydrogen) atoms. The molecular formula is C29H26F3N3O7.